The van der Waals surface area contributed by atoms with Crippen LogP contribution in [-0.4, -0.2) is 26.4 Å². The number of nitrogens with zero attached hydrogens (tertiary/aromatic N) is 1. The zero-order chi connectivity index (χ0) is 18.9. The predicted octanol–water partition coefficient (Wildman–Crippen LogP) is 1.49. The molecule has 0 aliphatic carbocycles. The molecule has 0 saturated heterocycles. The van der Waals surface area contributed by atoms with Crippen molar-refractivity contribution in [3.63, 3.8) is 0 Å². The minimum Gasteiger partial charge on any atom is -0.508 e. The van der Waals surface area contributed by atoms with Crippen LogP contribution < -0.4 is 10.2 Å². The van der Waals surface area contributed by atoms with Gasteiger partial charge in [-0.25, -0.2) is 5.48 Å². The van der Waals surface area contributed by atoms with Crippen LogP contribution in [-0.2, 0) is 10.4 Å². The first-order valence-corrected chi connectivity index (χ1v) is 7.49. The van der Waals surface area contributed by atoms with Gasteiger partial charge in [-0.1, -0.05) is 18.2 Å². The summed E-state index contributed by atoms with van der Waals surface area (Å²) < 4.78 is 5.42. The Labute approximate surface area is 147 Å². The molecule has 0 radical (unpaired) electrons. The molecule has 132 valence electrons. The van der Waals surface area contributed by atoms with Gasteiger partial charge in [-0.2, -0.15) is 5.26 Å². The molecule has 2 aromatic carbocycles. The summed E-state index contributed by atoms with van der Waals surface area (Å²) in [5.74, 6) is -1.79. The van der Waals surface area contributed by atoms with Crippen LogP contribution >= 0.6 is 0 Å². The van der Waals surface area contributed by atoms with E-state index in [9.17, 15) is 25.4 Å². The molecule has 1 amide bonds. The van der Waals surface area contributed by atoms with Crippen molar-refractivity contribution < 1.29 is 30.1 Å². The predicted molar refractivity (Wildman–Crippen MR) is 88.0 cm³/mol. The number of nitriles is 1. The molecular formula is C18H14N2O6. The normalized spacial score (nSPS) is 18.1. The molecule has 0 fully saturated rings. The van der Waals surface area contributed by atoms with Gasteiger partial charge in [0.25, 0.3) is 0 Å². The van der Waals surface area contributed by atoms with Gasteiger partial charge in [-0.3, -0.25) is 10.0 Å². The van der Waals surface area contributed by atoms with Gasteiger partial charge in [-0.15, -0.1) is 0 Å². The van der Waals surface area contributed by atoms with E-state index in [1.54, 1.807) is 18.2 Å². The Kier molecular flexibility index (Phi) is 4.26. The average molecular weight is 354 g/mol. The zero-order valence-electron chi connectivity index (χ0n) is 13.3. The number of carbonyl (C=O) groups excluding carboxylic acids is 1. The third-order valence-electron chi connectivity index (χ3n) is 4.11. The van der Waals surface area contributed by atoms with Crippen molar-refractivity contribution in [2.75, 3.05) is 0 Å². The quantitative estimate of drug-likeness (QED) is 0.415. The van der Waals surface area contributed by atoms with Crippen LogP contribution in [0.25, 0.3) is 5.57 Å². The molecule has 2 aromatic rings. The number of amides is 1. The number of carbonyl (C=O) groups is 1. The summed E-state index contributed by atoms with van der Waals surface area (Å²) >= 11 is 0. The lowest BCUT2D eigenvalue weighted by molar-refractivity contribution is -0.133. The number of phenolic OH excluding ortho intramolecular Hbond substituents is 2. The van der Waals surface area contributed by atoms with E-state index in [-0.39, 0.29) is 28.2 Å². The fraction of sp³-hybridized carbons (Fsp3) is 0.111. The monoisotopic (exact) mass is 354 g/mol. The van der Waals surface area contributed by atoms with Crippen molar-refractivity contribution in [3.8, 4) is 23.3 Å². The Balaban J connectivity index is 2.26. The van der Waals surface area contributed by atoms with E-state index in [0.717, 1.165) is 12.3 Å². The largest absolute Gasteiger partial charge is 0.508 e. The van der Waals surface area contributed by atoms with Crippen LogP contribution in [0.15, 0.2) is 42.7 Å². The van der Waals surface area contributed by atoms with Crippen molar-refractivity contribution >= 4 is 11.5 Å². The van der Waals surface area contributed by atoms with E-state index in [2.05, 4.69) is 0 Å². The summed E-state index contributed by atoms with van der Waals surface area (Å²) in [5, 5.41) is 49.5. The lowest BCUT2D eigenvalue weighted by Crippen LogP contribution is -2.37. The van der Waals surface area contributed by atoms with Gasteiger partial charge in [0.2, 0.25) is 5.91 Å². The van der Waals surface area contributed by atoms with Gasteiger partial charge >= 0.3 is 0 Å². The number of hydrogen-bond donors (Lipinski definition) is 5. The highest BCUT2D eigenvalue weighted by molar-refractivity contribution is 5.87. The summed E-state index contributed by atoms with van der Waals surface area (Å²) in [5.41, 5.74) is -0.290. The fourth-order valence-corrected chi connectivity index (χ4v) is 3.01. The number of benzene rings is 2. The molecule has 0 spiro atoms. The molecule has 1 atom stereocenters. The Morgan fingerprint density at radius 3 is 2.69 bits per heavy atom. The van der Waals surface area contributed by atoms with Crippen LogP contribution in [0.1, 0.15) is 23.1 Å². The van der Waals surface area contributed by atoms with Crippen LogP contribution in [0.4, 0.5) is 0 Å². The first-order valence-electron chi connectivity index (χ1n) is 7.49. The second-order valence-corrected chi connectivity index (χ2v) is 5.72. The lowest BCUT2D eigenvalue weighted by atomic mass is 9.77. The van der Waals surface area contributed by atoms with Crippen molar-refractivity contribution in [3.05, 3.63) is 59.4 Å². The number of aromatic hydroxyl groups is 2. The highest BCUT2D eigenvalue weighted by Gasteiger charge is 2.45. The minimum atomic E-state index is -2.12. The Morgan fingerprint density at radius 1 is 1.27 bits per heavy atom. The van der Waals surface area contributed by atoms with Crippen LogP contribution in [0.3, 0.4) is 0 Å². The molecule has 1 aliphatic heterocycles. The number of ether oxygens (including phenoxy) is 1. The molecule has 8 heteroatoms. The van der Waals surface area contributed by atoms with Gasteiger partial charge in [0.1, 0.15) is 22.8 Å². The summed E-state index contributed by atoms with van der Waals surface area (Å²) in [6.45, 7) is 0. The summed E-state index contributed by atoms with van der Waals surface area (Å²) in [4.78, 5) is 11.8. The Bertz CT molecular complexity index is 963. The number of aliphatic hydroxyl groups is 1. The van der Waals surface area contributed by atoms with Gasteiger partial charge in [0.15, 0.2) is 0 Å². The fourth-order valence-electron chi connectivity index (χ4n) is 3.01. The van der Waals surface area contributed by atoms with E-state index < -0.39 is 23.7 Å². The first kappa shape index (κ1) is 17.3. The Morgan fingerprint density at radius 2 is 2.00 bits per heavy atom. The van der Waals surface area contributed by atoms with Crippen molar-refractivity contribution in [2.45, 2.75) is 12.0 Å². The summed E-state index contributed by atoms with van der Waals surface area (Å²) in [7, 11) is 0. The second-order valence-electron chi connectivity index (χ2n) is 5.72. The zero-order valence-corrected chi connectivity index (χ0v) is 13.3. The maximum atomic E-state index is 11.8. The maximum absolute atomic E-state index is 11.8. The van der Waals surface area contributed by atoms with Crippen molar-refractivity contribution in [1.29, 1.82) is 5.26 Å². The van der Waals surface area contributed by atoms with E-state index in [0.29, 0.717) is 5.56 Å². The van der Waals surface area contributed by atoms with Crippen LogP contribution in [0, 0.1) is 11.3 Å². The van der Waals surface area contributed by atoms with E-state index in [4.69, 9.17) is 9.94 Å². The SMILES string of the molecule is N#Cc1ccccc1C1=COc2cc(O)cc(O)c2C1(O)CC(=O)NO. The second kappa shape index (κ2) is 6.40. The number of hydroxylamine groups is 1. The highest BCUT2D eigenvalue weighted by Crippen LogP contribution is 2.51. The average Bonchev–Trinajstić information content (AvgIpc) is 2.61. The highest BCUT2D eigenvalue weighted by atomic mass is 16.5. The number of hydrogen-bond acceptors (Lipinski definition) is 7. The first-order chi connectivity index (χ1) is 12.4. The van der Waals surface area contributed by atoms with Gasteiger partial charge in [-0.05, 0) is 6.07 Å². The third kappa shape index (κ3) is 2.71. The molecule has 0 bridgehead atoms. The van der Waals surface area contributed by atoms with Crippen molar-refractivity contribution in [2.24, 2.45) is 0 Å². The lowest BCUT2D eigenvalue weighted by Gasteiger charge is -2.35. The topological polar surface area (TPSA) is 143 Å². The summed E-state index contributed by atoms with van der Waals surface area (Å²) in [6, 6.07) is 10.5. The number of phenols is 2. The number of rotatable bonds is 3. The standard InChI is InChI=1S/C18H14N2O6/c19-8-10-3-1-2-4-12(10)13-9-26-15-6-11(21)5-14(22)17(15)18(13,24)7-16(23)20-25/h1-6,9,21-22,24-25H,7H2,(H,20,23). The molecule has 0 aromatic heterocycles. The Hall–Kier alpha value is -3.54. The summed E-state index contributed by atoms with van der Waals surface area (Å²) in [6.07, 6.45) is 0.478. The van der Waals surface area contributed by atoms with E-state index in [1.807, 2.05) is 6.07 Å². The smallest absolute Gasteiger partial charge is 0.246 e. The molecule has 26 heavy (non-hydrogen) atoms. The number of nitrogens with one attached hydrogen (secondary N) is 1. The molecule has 1 unspecified atom stereocenters. The van der Waals surface area contributed by atoms with Gasteiger partial charge in [0, 0.05) is 23.3 Å². The molecule has 1 aliphatic rings. The third-order valence-corrected chi connectivity index (χ3v) is 4.11. The van der Waals surface area contributed by atoms with Gasteiger partial charge < -0.3 is 20.1 Å². The van der Waals surface area contributed by atoms with Crippen LogP contribution in [0.2, 0.25) is 0 Å². The molecule has 5 N–H and O–H groups in total. The van der Waals surface area contributed by atoms with Crippen LogP contribution in [0.5, 0.6) is 17.2 Å². The minimum absolute atomic E-state index is 0.0479. The molecule has 1 heterocycles. The van der Waals surface area contributed by atoms with E-state index in [1.165, 1.54) is 17.6 Å². The molecule has 3 rings (SSSR count). The molecule has 8 nitrogen and oxygen atoms in total. The molecule has 0 saturated carbocycles. The molecular weight excluding hydrogens is 340 g/mol. The van der Waals surface area contributed by atoms with Gasteiger partial charge in [0.05, 0.1) is 29.9 Å². The maximum Gasteiger partial charge on any atom is 0.246 e. The van der Waals surface area contributed by atoms with Crippen molar-refractivity contribution in [1.82, 2.24) is 5.48 Å². The van der Waals surface area contributed by atoms with E-state index >= 15 is 0 Å². The number of fused-ring (bicyclic) bond motifs is 1.